The van der Waals surface area contributed by atoms with Crippen LogP contribution < -0.4 is 20.1 Å². The Morgan fingerprint density at radius 2 is 1.93 bits per heavy atom. The van der Waals surface area contributed by atoms with Gasteiger partial charge in [0.05, 0.1) is 11.3 Å². The van der Waals surface area contributed by atoms with E-state index in [4.69, 9.17) is 9.47 Å². The average Bonchev–Trinajstić information content (AvgIpc) is 3.14. The van der Waals surface area contributed by atoms with E-state index in [9.17, 15) is 9.59 Å². The Morgan fingerprint density at radius 1 is 1.15 bits per heavy atom. The van der Waals surface area contributed by atoms with Gasteiger partial charge in [-0.3, -0.25) is 9.59 Å². The molecule has 140 valence electrons. The molecule has 0 saturated carbocycles. The zero-order valence-electron chi connectivity index (χ0n) is 15.3. The number of fused-ring (bicyclic) bond motifs is 1. The molecule has 0 aromatic heterocycles. The fourth-order valence-corrected chi connectivity index (χ4v) is 2.56. The van der Waals surface area contributed by atoms with Crippen LogP contribution in [0.3, 0.4) is 0 Å². The molecule has 3 rings (SSSR count). The maximum Gasteiger partial charge on any atom is 0.253 e. The minimum absolute atomic E-state index is 0.0622. The van der Waals surface area contributed by atoms with Crippen LogP contribution >= 0.6 is 0 Å². The van der Waals surface area contributed by atoms with Crippen molar-refractivity contribution >= 4 is 23.6 Å². The van der Waals surface area contributed by atoms with Crippen molar-refractivity contribution in [2.75, 3.05) is 12.1 Å². The highest BCUT2D eigenvalue weighted by atomic mass is 16.7. The Labute approximate surface area is 158 Å². The summed E-state index contributed by atoms with van der Waals surface area (Å²) in [4.78, 5) is 24.7. The van der Waals surface area contributed by atoms with Crippen LogP contribution in [0.15, 0.2) is 48.5 Å². The number of para-hydroxylation sites is 1. The number of carbonyl (C=O) groups excluding carboxylic acids is 2. The second-order valence-electron chi connectivity index (χ2n) is 6.26. The Kier molecular flexibility index (Phi) is 5.76. The summed E-state index contributed by atoms with van der Waals surface area (Å²) in [6, 6.07) is 12.4. The van der Waals surface area contributed by atoms with Gasteiger partial charge in [0.2, 0.25) is 12.7 Å². The predicted molar refractivity (Wildman–Crippen MR) is 104 cm³/mol. The monoisotopic (exact) mass is 366 g/mol. The van der Waals surface area contributed by atoms with Crippen LogP contribution in [-0.4, -0.2) is 24.6 Å². The number of amides is 2. The van der Waals surface area contributed by atoms with Crippen molar-refractivity contribution in [1.29, 1.82) is 0 Å². The third-order valence-electron chi connectivity index (χ3n) is 4.24. The van der Waals surface area contributed by atoms with Gasteiger partial charge in [0.15, 0.2) is 11.5 Å². The van der Waals surface area contributed by atoms with Gasteiger partial charge < -0.3 is 20.1 Å². The van der Waals surface area contributed by atoms with Crippen molar-refractivity contribution < 1.29 is 19.1 Å². The number of hydrogen-bond acceptors (Lipinski definition) is 4. The lowest BCUT2D eigenvalue weighted by molar-refractivity contribution is -0.111. The summed E-state index contributed by atoms with van der Waals surface area (Å²) in [7, 11) is 0. The highest BCUT2D eigenvalue weighted by Gasteiger charge is 2.14. The van der Waals surface area contributed by atoms with Gasteiger partial charge in [-0.15, -0.1) is 0 Å². The van der Waals surface area contributed by atoms with Crippen LogP contribution in [0, 0.1) is 0 Å². The Morgan fingerprint density at radius 3 is 2.74 bits per heavy atom. The molecule has 2 aromatic carbocycles. The van der Waals surface area contributed by atoms with E-state index in [1.54, 1.807) is 42.5 Å². The van der Waals surface area contributed by atoms with Gasteiger partial charge in [-0.25, -0.2) is 0 Å². The van der Waals surface area contributed by atoms with Crippen molar-refractivity contribution in [3.05, 3.63) is 59.7 Å². The standard InChI is InChI=1S/C21H22N2O4/c1-3-14(2)22-21(25)16-6-4-5-7-17(16)23-20(24)11-9-15-8-10-18-19(12-15)27-13-26-18/h4-12,14H,3,13H2,1-2H3,(H,22,25)(H,23,24)/b11-9+/t14-/m0/s1. The maximum atomic E-state index is 12.4. The average molecular weight is 366 g/mol. The topological polar surface area (TPSA) is 76.7 Å². The van der Waals surface area contributed by atoms with Crippen molar-refractivity contribution in [2.45, 2.75) is 26.3 Å². The first-order valence-electron chi connectivity index (χ1n) is 8.85. The van der Waals surface area contributed by atoms with Crippen LogP contribution in [0.5, 0.6) is 11.5 Å². The Bertz CT molecular complexity index is 876. The lowest BCUT2D eigenvalue weighted by Gasteiger charge is -2.14. The van der Waals surface area contributed by atoms with E-state index >= 15 is 0 Å². The summed E-state index contributed by atoms with van der Waals surface area (Å²) in [6.45, 7) is 4.14. The Balaban J connectivity index is 1.68. The van der Waals surface area contributed by atoms with E-state index in [2.05, 4.69) is 10.6 Å². The van der Waals surface area contributed by atoms with Crippen molar-refractivity contribution in [2.24, 2.45) is 0 Å². The first-order valence-corrected chi connectivity index (χ1v) is 8.85. The molecule has 6 heteroatoms. The lowest BCUT2D eigenvalue weighted by atomic mass is 10.1. The van der Waals surface area contributed by atoms with E-state index in [0.29, 0.717) is 22.7 Å². The highest BCUT2D eigenvalue weighted by molar-refractivity contribution is 6.07. The second kappa shape index (κ2) is 8.40. The molecule has 0 unspecified atom stereocenters. The molecular formula is C21H22N2O4. The molecule has 2 aromatic rings. The van der Waals surface area contributed by atoms with Gasteiger partial charge in [0.1, 0.15) is 0 Å². The van der Waals surface area contributed by atoms with Gasteiger partial charge in [-0.2, -0.15) is 0 Å². The van der Waals surface area contributed by atoms with Crippen LogP contribution in [0.25, 0.3) is 6.08 Å². The largest absolute Gasteiger partial charge is 0.454 e. The van der Waals surface area contributed by atoms with Gasteiger partial charge in [-0.05, 0) is 49.2 Å². The molecule has 1 heterocycles. The summed E-state index contributed by atoms with van der Waals surface area (Å²) in [5, 5.41) is 5.67. The molecule has 1 atom stereocenters. The van der Waals surface area contributed by atoms with Crippen LogP contribution in [-0.2, 0) is 4.79 Å². The second-order valence-corrected chi connectivity index (χ2v) is 6.26. The third-order valence-corrected chi connectivity index (χ3v) is 4.24. The van der Waals surface area contributed by atoms with E-state index in [1.165, 1.54) is 6.08 Å². The molecule has 6 nitrogen and oxygen atoms in total. The number of ether oxygens (including phenoxy) is 2. The molecule has 0 radical (unpaired) electrons. The summed E-state index contributed by atoms with van der Waals surface area (Å²) < 4.78 is 10.6. The summed E-state index contributed by atoms with van der Waals surface area (Å²) >= 11 is 0. The van der Waals surface area contributed by atoms with Crippen LogP contribution in [0.4, 0.5) is 5.69 Å². The molecule has 27 heavy (non-hydrogen) atoms. The fourth-order valence-electron chi connectivity index (χ4n) is 2.56. The molecule has 0 bridgehead atoms. The molecule has 0 fully saturated rings. The molecule has 0 spiro atoms. The van der Waals surface area contributed by atoms with Crippen molar-refractivity contribution in [3.8, 4) is 11.5 Å². The maximum absolute atomic E-state index is 12.4. The highest BCUT2D eigenvalue weighted by Crippen LogP contribution is 2.32. The van der Waals surface area contributed by atoms with Gasteiger partial charge in [0.25, 0.3) is 5.91 Å². The smallest absolute Gasteiger partial charge is 0.253 e. The molecular weight excluding hydrogens is 344 g/mol. The lowest BCUT2D eigenvalue weighted by Crippen LogP contribution is -2.32. The first-order chi connectivity index (χ1) is 13.1. The molecule has 1 aliphatic heterocycles. The molecule has 1 aliphatic rings. The van der Waals surface area contributed by atoms with Gasteiger partial charge in [-0.1, -0.05) is 25.1 Å². The number of rotatable bonds is 6. The van der Waals surface area contributed by atoms with Gasteiger partial charge in [0, 0.05) is 12.1 Å². The molecule has 0 saturated heterocycles. The van der Waals surface area contributed by atoms with Crippen LogP contribution in [0.2, 0.25) is 0 Å². The van der Waals surface area contributed by atoms with E-state index in [0.717, 1.165) is 12.0 Å². The quantitative estimate of drug-likeness (QED) is 0.766. The first kappa shape index (κ1) is 18.5. The van der Waals surface area contributed by atoms with Crippen molar-refractivity contribution in [3.63, 3.8) is 0 Å². The number of hydrogen-bond donors (Lipinski definition) is 2. The molecule has 2 N–H and O–H groups in total. The van der Waals surface area contributed by atoms with E-state index in [1.807, 2.05) is 19.9 Å². The van der Waals surface area contributed by atoms with Gasteiger partial charge >= 0.3 is 0 Å². The summed E-state index contributed by atoms with van der Waals surface area (Å²) in [5.41, 5.74) is 1.72. The minimum Gasteiger partial charge on any atom is -0.454 e. The predicted octanol–water partition coefficient (Wildman–Crippen LogP) is 3.60. The SMILES string of the molecule is CC[C@H](C)NC(=O)c1ccccc1NC(=O)/C=C/c1ccc2c(c1)OCO2. The number of carbonyl (C=O) groups is 2. The molecule has 2 amide bonds. The summed E-state index contributed by atoms with van der Waals surface area (Å²) in [5.74, 6) is 0.818. The normalized spacial score (nSPS) is 13.4. The van der Waals surface area contributed by atoms with Crippen molar-refractivity contribution in [1.82, 2.24) is 5.32 Å². The van der Waals surface area contributed by atoms with E-state index in [-0.39, 0.29) is 24.6 Å². The number of anilines is 1. The minimum atomic E-state index is -0.323. The Hall–Kier alpha value is -3.28. The van der Waals surface area contributed by atoms with Crippen LogP contribution in [0.1, 0.15) is 36.2 Å². The zero-order valence-corrected chi connectivity index (χ0v) is 15.3. The number of benzene rings is 2. The summed E-state index contributed by atoms with van der Waals surface area (Å²) in [6.07, 6.45) is 3.93. The third kappa shape index (κ3) is 4.67. The zero-order chi connectivity index (χ0) is 19.2. The van der Waals surface area contributed by atoms with E-state index < -0.39 is 0 Å². The number of nitrogens with one attached hydrogen (secondary N) is 2. The fraction of sp³-hybridized carbons (Fsp3) is 0.238. The molecule has 0 aliphatic carbocycles.